The number of hydrogen-bond donors (Lipinski definition) is 1. The van der Waals surface area contributed by atoms with Gasteiger partial charge in [-0.2, -0.15) is 0 Å². The van der Waals surface area contributed by atoms with Crippen LogP contribution in [0.25, 0.3) is 5.76 Å². The third-order valence-corrected chi connectivity index (χ3v) is 5.57. The number of methoxy groups -OCH3 is 2. The predicted molar refractivity (Wildman–Crippen MR) is 121 cm³/mol. The topological polar surface area (TPSA) is 92.2 Å². The smallest absolute Gasteiger partial charge is 0.295 e. The number of ketones is 1. The molecule has 1 unspecified atom stereocenters. The highest BCUT2D eigenvalue weighted by Gasteiger charge is 2.46. The fourth-order valence-electron chi connectivity index (χ4n) is 3.74. The second-order valence-corrected chi connectivity index (χ2v) is 8.03. The van der Waals surface area contributed by atoms with Crippen LogP contribution in [0.5, 0.6) is 11.5 Å². The molecule has 0 saturated carbocycles. The average molecular weight is 460 g/mol. The summed E-state index contributed by atoms with van der Waals surface area (Å²) >= 11 is 6.18. The summed E-state index contributed by atoms with van der Waals surface area (Å²) in [6, 6.07) is 5.69. The SMILES string of the molecule is COc1cc(/C(O)=C2\C(=O)C(=O)N(CCCN(C)C)C2c2cccnc2)c(OC)cc1Cl. The summed E-state index contributed by atoms with van der Waals surface area (Å²) < 4.78 is 10.6. The maximum Gasteiger partial charge on any atom is 0.295 e. The zero-order valence-corrected chi connectivity index (χ0v) is 19.2. The highest BCUT2D eigenvalue weighted by Crippen LogP contribution is 2.42. The number of benzene rings is 1. The van der Waals surface area contributed by atoms with Crippen LogP contribution in [0, 0.1) is 0 Å². The minimum Gasteiger partial charge on any atom is -0.507 e. The molecule has 2 heterocycles. The van der Waals surface area contributed by atoms with Gasteiger partial charge in [-0.15, -0.1) is 0 Å². The molecular weight excluding hydrogens is 434 g/mol. The number of aliphatic hydroxyl groups is 1. The third kappa shape index (κ3) is 4.56. The van der Waals surface area contributed by atoms with Gasteiger partial charge in [0, 0.05) is 25.0 Å². The molecule has 32 heavy (non-hydrogen) atoms. The van der Waals surface area contributed by atoms with Crippen LogP contribution in [-0.4, -0.2) is 73.0 Å². The first kappa shape index (κ1) is 23.6. The number of Topliss-reactive ketones (excluding diaryl/α,β-unsaturated/α-hetero) is 1. The van der Waals surface area contributed by atoms with E-state index in [0.29, 0.717) is 24.3 Å². The van der Waals surface area contributed by atoms with Crippen molar-refractivity contribution < 1.29 is 24.2 Å². The molecule has 0 aliphatic carbocycles. The molecule has 0 spiro atoms. The number of aromatic nitrogens is 1. The number of likely N-dealkylation sites (tertiary alicyclic amines) is 1. The largest absolute Gasteiger partial charge is 0.507 e. The van der Waals surface area contributed by atoms with Gasteiger partial charge in [0.1, 0.15) is 17.3 Å². The number of ether oxygens (including phenoxy) is 2. The minimum absolute atomic E-state index is 0.0319. The summed E-state index contributed by atoms with van der Waals surface area (Å²) in [5.41, 5.74) is 0.794. The van der Waals surface area contributed by atoms with Crippen LogP contribution in [0.1, 0.15) is 23.6 Å². The van der Waals surface area contributed by atoms with Crippen molar-refractivity contribution >= 4 is 29.1 Å². The second kappa shape index (κ2) is 10.0. The molecule has 1 aromatic heterocycles. The van der Waals surface area contributed by atoms with Crippen LogP contribution in [-0.2, 0) is 9.59 Å². The van der Waals surface area contributed by atoms with E-state index in [1.54, 1.807) is 24.5 Å². The first-order valence-electron chi connectivity index (χ1n) is 10.0. The fraction of sp³-hybridized carbons (Fsp3) is 0.348. The molecule has 3 rings (SSSR count). The Morgan fingerprint density at radius 1 is 1.22 bits per heavy atom. The van der Waals surface area contributed by atoms with E-state index in [-0.39, 0.29) is 27.7 Å². The Balaban J connectivity index is 2.17. The highest BCUT2D eigenvalue weighted by atomic mass is 35.5. The summed E-state index contributed by atoms with van der Waals surface area (Å²) in [4.78, 5) is 33.7. The molecule has 1 aliphatic rings. The molecule has 170 valence electrons. The van der Waals surface area contributed by atoms with Gasteiger partial charge in [-0.05, 0) is 44.8 Å². The van der Waals surface area contributed by atoms with Crippen LogP contribution in [0.2, 0.25) is 5.02 Å². The number of aliphatic hydroxyl groups excluding tert-OH is 1. The van der Waals surface area contributed by atoms with Gasteiger partial charge in [0.2, 0.25) is 0 Å². The third-order valence-electron chi connectivity index (χ3n) is 5.27. The molecule has 1 saturated heterocycles. The fourth-order valence-corrected chi connectivity index (χ4v) is 3.97. The number of nitrogens with zero attached hydrogens (tertiary/aromatic N) is 3. The van der Waals surface area contributed by atoms with E-state index in [9.17, 15) is 14.7 Å². The first-order valence-corrected chi connectivity index (χ1v) is 10.4. The van der Waals surface area contributed by atoms with E-state index in [2.05, 4.69) is 4.98 Å². The number of carbonyl (C=O) groups excluding carboxylic acids is 2. The second-order valence-electron chi connectivity index (χ2n) is 7.62. The van der Waals surface area contributed by atoms with Crippen molar-refractivity contribution in [2.24, 2.45) is 0 Å². The predicted octanol–water partition coefficient (Wildman–Crippen LogP) is 3.13. The molecule has 1 aromatic carbocycles. The zero-order valence-electron chi connectivity index (χ0n) is 18.5. The van der Waals surface area contributed by atoms with Gasteiger partial charge in [-0.1, -0.05) is 17.7 Å². The van der Waals surface area contributed by atoms with Gasteiger partial charge in [-0.3, -0.25) is 14.6 Å². The van der Waals surface area contributed by atoms with Gasteiger partial charge in [0.05, 0.1) is 36.4 Å². The van der Waals surface area contributed by atoms with E-state index in [1.165, 1.54) is 31.3 Å². The summed E-state index contributed by atoms with van der Waals surface area (Å²) in [6.45, 7) is 1.09. The normalized spacial score (nSPS) is 17.8. The molecule has 1 atom stereocenters. The molecule has 0 bridgehead atoms. The van der Waals surface area contributed by atoms with Gasteiger partial charge >= 0.3 is 0 Å². The number of halogens is 1. The lowest BCUT2D eigenvalue weighted by atomic mass is 9.96. The molecule has 2 aromatic rings. The van der Waals surface area contributed by atoms with E-state index < -0.39 is 17.7 Å². The van der Waals surface area contributed by atoms with Gasteiger partial charge in [0.15, 0.2) is 0 Å². The Kier molecular flexibility index (Phi) is 7.37. The molecule has 0 radical (unpaired) electrons. The maximum atomic E-state index is 13.1. The van der Waals surface area contributed by atoms with Crippen molar-refractivity contribution in [2.75, 3.05) is 41.4 Å². The lowest BCUT2D eigenvalue weighted by molar-refractivity contribution is -0.139. The van der Waals surface area contributed by atoms with Crippen LogP contribution in [0.15, 0.2) is 42.2 Å². The molecule has 1 aliphatic heterocycles. The Bertz CT molecular complexity index is 1040. The summed E-state index contributed by atoms with van der Waals surface area (Å²) in [7, 11) is 6.74. The summed E-state index contributed by atoms with van der Waals surface area (Å²) in [5, 5.41) is 11.6. The van der Waals surface area contributed by atoms with Crippen molar-refractivity contribution in [1.82, 2.24) is 14.8 Å². The highest BCUT2D eigenvalue weighted by molar-refractivity contribution is 6.46. The lowest BCUT2D eigenvalue weighted by Gasteiger charge is -2.25. The zero-order chi connectivity index (χ0) is 23.4. The van der Waals surface area contributed by atoms with Crippen LogP contribution >= 0.6 is 11.6 Å². The molecule has 1 amide bonds. The average Bonchev–Trinajstić information content (AvgIpc) is 3.03. The van der Waals surface area contributed by atoms with Gasteiger partial charge in [0.25, 0.3) is 11.7 Å². The molecular formula is C23H26ClN3O5. The lowest BCUT2D eigenvalue weighted by Crippen LogP contribution is -2.32. The van der Waals surface area contributed by atoms with Crippen molar-refractivity contribution in [1.29, 1.82) is 0 Å². The van der Waals surface area contributed by atoms with Crippen LogP contribution < -0.4 is 9.47 Å². The van der Waals surface area contributed by atoms with Crippen LogP contribution in [0.3, 0.4) is 0 Å². The molecule has 1 N–H and O–H groups in total. The number of amides is 1. The van der Waals surface area contributed by atoms with Crippen molar-refractivity contribution in [2.45, 2.75) is 12.5 Å². The summed E-state index contributed by atoms with van der Waals surface area (Å²) in [6.07, 6.45) is 3.85. The Labute approximate surface area is 192 Å². The van der Waals surface area contributed by atoms with Crippen molar-refractivity contribution in [3.63, 3.8) is 0 Å². The number of carbonyl (C=O) groups is 2. The molecule has 1 fully saturated rings. The number of rotatable bonds is 8. The van der Waals surface area contributed by atoms with Crippen molar-refractivity contribution in [3.05, 3.63) is 58.4 Å². The first-order chi connectivity index (χ1) is 15.3. The van der Waals surface area contributed by atoms with Gasteiger partial charge in [-0.25, -0.2) is 0 Å². The van der Waals surface area contributed by atoms with E-state index in [1.807, 2.05) is 19.0 Å². The Morgan fingerprint density at radius 3 is 2.53 bits per heavy atom. The van der Waals surface area contributed by atoms with E-state index in [4.69, 9.17) is 21.1 Å². The minimum atomic E-state index is -0.780. The molecule has 9 heteroatoms. The Morgan fingerprint density at radius 2 is 1.94 bits per heavy atom. The number of hydrogen-bond acceptors (Lipinski definition) is 7. The molecule has 8 nitrogen and oxygen atoms in total. The summed E-state index contributed by atoms with van der Waals surface area (Å²) in [5.74, 6) is -1.25. The maximum absolute atomic E-state index is 13.1. The van der Waals surface area contributed by atoms with Crippen LogP contribution in [0.4, 0.5) is 0 Å². The van der Waals surface area contributed by atoms with Crippen molar-refractivity contribution in [3.8, 4) is 11.5 Å². The van der Waals surface area contributed by atoms with E-state index >= 15 is 0 Å². The van der Waals surface area contributed by atoms with Gasteiger partial charge < -0.3 is 24.4 Å². The van der Waals surface area contributed by atoms with E-state index in [0.717, 1.165) is 6.54 Å². The Hall–Kier alpha value is -3.10. The quantitative estimate of drug-likeness (QED) is 0.368. The standard InChI is InChI=1S/C23H26ClN3O5/c1-26(2)9-6-10-27-20(14-7-5-8-25-13-14)19(22(29)23(27)30)21(28)15-11-18(32-4)16(24)12-17(15)31-3/h5,7-8,11-13,20,28H,6,9-10H2,1-4H3/b21-19+. The monoisotopic (exact) mass is 459 g/mol. The number of pyridine rings is 1.